The zero-order valence-corrected chi connectivity index (χ0v) is 12.8. The van der Waals surface area contributed by atoms with Crippen LogP contribution in [0.25, 0.3) is 0 Å². The number of hydrogen-bond acceptors (Lipinski definition) is 7. The highest BCUT2D eigenvalue weighted by Crippen LogP contribution is 2.28. The molecule has 3 N–H and O–H groups in total. The fraction of sp³-hybridized carbons (Fsp3) is 0.533. The number of carbonyl (C=O) groups excluding carboxylic acids is 1. The van der Waals surface area contributed by atoms with Gasteiger partial charge in [0.25, 0.3) is 0 Å². The first-order valence-corrected chi connectivity index (χ1v) is 7.12. The monoisotopic (exact) mass is 326 g/mol. The minimum Gasteiger partial charge on any atom is -0.829 e. The van der Waals surface area contributed by atoms with Crippen LogP contribution in [0.15, 0.2) is 24.3 Å². The molecule has 1 fully saturated rings. The Hall–Kier alpha value is -1.71. The van der Waals surface area contributed by atoms with Crippen molar-refractivity contribution in [2.45, 2.75) is 37.6 Å². The van der Waals surface area contributed by atoms with Crippen LogP contribution >= 0.6 is 0 Å². The lowest BCUT2D eigenvalue weighted by molar-refractivity contribution is -0.517. The first-order chi connectivity index (χ1) is 10.9. The molecule has 0 aromatic heterocycles. The molecule has 0 spiro atoms. The molecule has 8 heteroatoms. The first kappa shape index (κ1) is 17.6. The second kappa shape index (κ2) is 7.24. The minimum absolute atomic E-state index is 0.362. The number of ether oxygens (including phenoxy) is 2. The summed E-state index contributed by atoms with van der Waals surface area (Å²) < 4.78 is 10.0. The highest BCUT2D eigenvalue weighted by atomic mass is 16.6. The second-order valence-electron chi connectivity index (χ2n) is 5.28. The van der Waals surface area contributed by atoms with Gasteiger partial charge in [-0.15, -0.1) is 0 Å². The molecule has 0 aliphatic carbocycles. The summed E-state index contributed by atoms with van der Waals surface area (Å²) in [5.41, 5.74) is 0.362. The highest BCUT2D eigenvalue weighted by Gasteiger charge is 2.44. The van der Waals surface area contributed by atoms with Gasteiger partial charge in [-0.05, 0) is 24.3 Å². The van der Waals surface area contributed by atoms with Crippen molar-refractivity contribution in [3.63, 3.8) is 0 Å². The van der Waals surface area contributed by atoms with E-state index in [0.717, 1.165) is 4.90 Å². The number of carbonyl (C=O) groups is 1. The van der Waals surface area contributed by atoms with Crippen LogP contribution in [0.4, 0.5) is 5.69 Å². The molecule has 1 amide bonds. The van der Waals surface area contributed by atoms with Crippen molar-refractivity contribution in [3.8, 4) is 5.75 Å². The number of nitrogens with zero attached hydrogens (tertiary/aromatic N) is 1. The third kappa shape index (κ3) is 3.46. The van der Waals surface area contributed by atoms with Gasteiger partial charge in [-0.1, -0.05) is 0 Å². The van der Waals surface area contributed by atoms with Gasteiger partial charge in [0.15, 0.2) is 0 Å². The van der Waals surface area contributed by atoms with Crippen molar-refractivity contribution in [3.05, 3.63) is 24.3 Å². The van der Waals surface area contributed by atoms with E-state index < -0.39 is 43.2 Å². The van der Waals surface area contributed by atoms with Gasteiger partial charge in [0.2, 0.25) is 5.91 Å². The molecule has 0 radical (unpaired) electrons. The average molecular weight is 326 g/mol. The minimum atomic E-state index is -1.81. The van der Waals surface area contributed by atoms with E-state index in [4.69, 9.17) is 14.6 Å². The Bertz CT molecular complexity index is 535. The van der Waals surface area contributed by atoms with Gasteiger partial charge in [-0.2, -0.15) is 0 Å². The van der Waals surface area contributed by atoms with Crippen molar-refractivity contribution in [1.82, 2.24) is 0 Å². The number of anilines is 1. The molecule has 1 aliphatic heterocycles. The summed E-state index contributed by atoms with van der Waals surface area (Å²) in [5, 5.41) is 41.5. The zero-order chi connectivity index (χ0) is 17.1. The fourth-order valence-electron chi connectivity index (χ4n) is 2.65. The van der Waals surface area contributed by atoms with E-state index in [-0.39, 0.29) is 0 Å². The second-order valence-corrected chi connectivity index (χ2v) is 5.28. The first-order valence-electron chi connectivity index (χ1n) is 7.12. The van der Waals surface area contributed by atoms with Gasteiger partial charge in [0.1, 0.15) is 24.1 Å². The zero-order valence-electron chi connectivity index (χ0n) is 12.8. The van der Waals surface area contributed by atoms with Gasteiger partial charge < -0.3 is 34.8 Å². The van der Waals surface area contributed by atoms with Gasteiger partial charge in [0.05, 0.1) is 19.8 Å². The molecule has 0 unspecified atom stereocenters. The van der Waals surface area contributed by atoms with E-state index in [0.29, 0.717) is 11.4 Å². The molecule has 23 heavy (non-hydrogen) atoms. The molecule has 1 aliphatic rings. The lowest BCUT2D eigenvalue weighted by Gasteiger charge is -2.49. The Labute approximate surface area is 133 Å². The maximum Gasteiger partial charge on any atom is 0.224 e. The third-order valence-corrected chi connectivity index (χ3v) is 3.84. The van der Waals surface area contributed by atoms with Crippen LogP contribution in [0.5, 0.6) is 5.75 Å². The summed E-state index contributed by atoms with van der Waals surface area (Å²) in [6.45, 7) is 0.639. The molecule has 1 saturated heterocycles. The summed E-state index contributed by atoms with van der Waals surface area (Å²) in [5.74, 6) is 0.0788. The lowest BCUT2D eigenvalue weighted by atomic mass is 9.95. The number of methoxy groups -OCH3 is 1. The van der Waals surface area contributed by atoms with E-state index >= 15 is 0 Å². The number of benzene rings is 1. The van der Waals surface area contributed by atoms with Crippen LogP contribution < -0.4 is 14.7 Å². The van der Waals surface area contributed by atoms with Crippen molar-refractivity contribution in [1.29, 1.82) is 0 Å². The molecule has 8 nitrogen and oxygen atoms in total. The van der Waals surface area contributed by atoms with Gasteiger partial charge in [0, 0.05) is 18.9 Å². The molecular formula is C15H20NO7-. The fourth-order valence-corrected chi connectivity index (χ4v) is 2.65. The van der Waals surface area contributed by atoms with Crippen LogP contribution in [-0.4, -0.2) is 65.6 Å². The molecule has 0 saturated carbocycles. The van der Waals surface area contributed by atoms with Gasteiger partial charge in [-0.25, -0.2) is 0 Å². The van der Waals surface area contributed by atoms with E-state index in [2.05, 4.69) is 0 Å². The van der Waals surface area contributed by atoms with Crippen molar-refractivity contribution < 1.29 is 34.7 Å². The molecule has 128 valence electrons. The average Bonchev–Trinajstić information content (AvgIpc) is 2.54. The SMILES string of the molecule is COc1ccc(N(C(C)=O)[C@@H]2[C@@H](O)[C@H](O)[C@@H](CO)O[C@H]2[O-])cc1. The van der Waals surface area contributed by atoms with Crippen LogP contribution in [0.1, 0.15) is 6.92 Å². The Morgan fingerprint density at radius 2 is 1.91 bits per heavy atom. The number of aliphatic hydroxyl groups is 3. The number of aliphatic hydroxyl groups excluding tert-OH is 3. The van der Waals surface area contributed by atoms with E-state index in [1.54, 1.807) is 24.3 Å². The van der Waals surface area contributed by atoms with Crippen molar-refractivity contribution >= 4 is 11.6 Å². The molecule has 1 aromatic rings. The lowest BCUT2D eigenvalue weighted by Crippen LogP contribution is -2.68. The van der Waals surface area contributed by atoms with E-state index in [9.17, 15) is 20.1 Å². The smallest absolute Gasteiger partial charge is 0.224 e. The Morgan fingerprint density at radius 3 is 2.39 bits per heavy atom. The molecule has 1 aromatic carbocycles. The molecule has 0 bridgehead atoms. The van der Waals surface area contributed by atoms with Gasteiger partial charge in [-0.3, -0.25) is 4.79 Å². The van der Waals surface area contributed by atoms with Crippen molar-refractivity contribution in [2.75, 3.05) is 18.6 Å². The quantitative estimate of drug-likeness (QED) is 0.597. The van der Waals surface area contributed by atoms with Crippen LogP contribution in [0, 0.1) is 0 Å². The van der Waals surface area contributed by atoms with Crippen molar-refractivity contribution in [2.24, 2.45) is 0 Å². The molecular weight excluding hydrogens is 306 g/mol. The predicted octanol–water partition coefficient (Wildman–Crippen LogP) is -1.78. The Balaban J connectivity index is 2.34. The Morgan fingerprint density at radius 1 is 1.30 bits per heavy atom. The summed E-state index contributed by atoms with van der Waals surface area (Å²) >= 11 is 0. The van der Waals surface area contributed by atoms with Crippen LogP contribution in [0.3, 0.4) is 0 Å². The number of hydrogen-bond donors (Lipinski definition) is 3. The molecule has 2 rings (SSSR count). The number of rotatable bonds is 4. The molecule has 1 heterocycles. The number of amides is 1. The topological polar surface area (TPSA) is 123 Å². The largest absolute Gasteiger partial charge is 0.829 e. The van der Waals surface area contributed by atoms with E-state index in [1.165, 1.54) is 14.0 Å². The van der Waals surface area contributed by atoms with Crippen LogP contribution in [0.2, 0.25) is 0 Å². The normalized spacial score (nSPS) is 30.8. The maximum atomic E-state index is 12.2. The van der Waals surface area contributed by atoms with E-state index in [1.807, 2.05) is 0 Å². The summed E-state index contributed by atoms with van der Waals surface area (Å²) in [4.78, 5) is 13.1. The predicted molar refractivity (Wildman–Crippen MR) is 77.7 cm³/mol. The maximum absolute atomic E-state index is 12.2. The summed E-state index contributed by atoms with van der Waals surface area (Å²) in [6.07, 6.45) is -6.02. The standard InChI is InChI=1S/C15H20NO7/c1-8(18)16(9-3-5-10(22-2)6-4-9)12-14(20)13(19)11(7-17)23-15(12)21/h3-6,11-15,17,19-20H,7H2,1-2H3/q-1/t11-,12-,13-,14-,15-/m1/s1. The van der Waals surface area contributed by atoms with Gasteiger partial charge >= 0.3 is 0 Å². The van der Waals surface area contributed by atoms with Crippen LogP contribution in [-0.2, 0) is 9.53 Å². The highest BCUT2D eigenvalue weighted by molar-refractivity contribution is 5.92. The summed E-state index contributed by atoms with van der Waals surface area (Å²) in [7, 11) is 1.50. The molecule has 5 atom stereocenters. The third-order valence-electron chi connectivity index (χ3n) is 3.84. The summed E-state index contributed by atoms with van der Waals surface area (Å²) in [6, 6.07) is 5.01. The Kier molecular flexibility index (Phi) is 5.55.